The van der Waals surface area contributed by atoms with E-state index in [2.05, 4.69) is 36.8 Å². The number of hydrogen-bond donors (Lipinski definition) is 4. The van der Waals surface area contributed by atoms with Crippen LogP contribution in [-0.4, -0.2) is 36.5 Å². The van der Waals surface area contributed by atoms with E-state index >= 15 is 0 Å². The summed E-state index contributed by atoms with van der Waals surface area (Å²) in [5, 5.41) is 0. The molecule has 8 N–H and O–H groups in total. The zero-order valence-electron chi connectivity index (χ0n) is 15.6. The molecule has 0 spiro atoms. The molecule has 11 heteroatoms. The van der Waals surface area contributed by atoms with Crippen molar-refractivity contribution in [2.24, 2.45) is 0 Å². The van der Waals surface area contributed by atoms with Crippen LogP contribution in [0.4, 0.5) is 23.8 Å². The number of rotatable bonds is 5. The molecule has 11 nitrogen and oxygen atoms in total. The first-order valence-corrected chi connectivity index (χ1v) is 9.14. The van der Waals surface area contributed by atoms with Crippen LogP contribution in [0.3, 0.4) is 0 Å². The molecule has 1 fully saturated rings. The Labute approximate surface area is 158 Å². The largest absolute Gasteiger partial charge is 0.463 e. The molecule has 0 atom stereocenters. The van der Waals surface area contributed by atoms with E-state index in [4.69, 9.17) is 27.7 Å². The third-order valence-corrected chi connectivity index (χ3v) is 4.04. The van der Waals surface area contributed by atoms with Gasteiger partial charge in [-0.3, -0.25) is 0 Å². The standard InChI is InChI=1S/C9H15N5.C7H13N5O/c10-8-12-7(13-9(11)14-8)6-4-2-1-3-5-6;1-2-3-4-13-7-11-5(8)10-6(9)12-7/h6H,1-5H2,(H4,10,11,12,13,14);2-4H2,1H3,(H4,8,9,10,11,12). The van der Waals surface area contributed by atoms with Crippen LogP contribution in [0.2, 0.25) is 0 Å². The minimum atomic E-state index is 0.0824. The molecule has 1 aliphatic carbocycles. The Balaban J connectivity index is 0.000000194. The minimum Gasteiger partial charge on any atom is -0.463 e. The highest BCUT2D eigenvalue weighted by atomic mass is 16.5. The lowest BCUT2D eigenvalue weighted by Gasteiger charge is -2.19. The summed E-state index contributed by atoms with van der Waals surface area (Å²) in [5.74, 6) is 1.83. The lowest BCUT2D eigenvalue weighted by molar-refractivity contribution is 0.285. The molecule has 27 heavy (non-hydrogen) atoms. The van der Waals surface area contributed by atoms with Crippen molar-refractivity contribution in [3.8, 4) is 6.01 Å². The second-order valence-electron chi connectivity index (χ2n) is 6.28. The number of aromatic nitrogens is 6. The van der Waals surface area contributed by atoms with E-state index in [0.717, 1.165) is 31.5 Å². The molecule has 3 rings (SSSR count). The van der Waals surface area contributed by atoms with Crippen LogP contribution in [0.15, 0.2) is 0 Å². The molecule has 2 aromatic heterocycles. The van der Waals surface area contributed by atoms with Crippen molar-refractivity contribution in [2.45, 2.75) is 57.8 Å². The first-order valence-electron chi connectivity index (χ1n) is 9.14. The van der Waals surface area contributed by atoms with Gasteiger partial charge in [0.1, 0.15) is 5.82 Å². The summed E-state index contributed by atoms with van der Waals surface area (Å²) < 4.78 is 5.19. The summed E-state index contributed by atoms with van der Waals surface area (Å²) in [5.41, 5.74) is 21.7. The van der Waals surface area contributed by atoms with Crippen molar-refractivity contribution in [2.75, 3.05) is 29.5 Å². The maximum Gasteiger partial charge on any atom is 0.323 e. The van der Waals surface area contributed by atoms with Crippen molar-refractivity contribution >= 4 is 23.8 Å². The fourth-order valence-corrected chi connectivity index (χ4v) is 2.73. The Hall–Kier alpha value is -2.98. The van der Waals surface area contributed by atoms with Gasteiger partial charge in [0.15, 0.2) is 0 Å². The first-order chi connectivity index (χ1) is 13.0. The molecule has 0 bridgehead atoms. The average Bonchev–Trinajstić information content (AvgIpc) is 2.62. The van der Waals surface area contributed by atoms with Gasteiger partial charge in [0.25, 0.3) is 0 Å². The fourth-order valence-electron chi connectivity index (χ4n) is 2.73. The minimum absolute atomic E-state index is 0.0824. The molecule has 0 amide bonds. The zero-order valence-corrected chi connectivity index (χ0v) is 15.6. The van der Waals surface area contributed by atoms with Gasteiger partial charge in [-0.25, -0.2) is 0 Å². The summed E-state index contributed by atoms with van der Waals surface area (Å²) in [4.78, 5) is 23.2. The topological polar surface area (TPSA) is 191 Å². The molecule has 0 saturated heterocycles. The highest BCUT2D eigenvalue weighted by Crippen LogP contribution is 2.30. The van der Waals surface area contributed by atoms with E-state index in [-0.39, 0.29) is 29.8 Å². The van der Waals surface area contributed by atoms with Crippen molar-refractivity contribution in [3.63, 3.8) is 0 Å². The van der Waals surface area contributed by atoms with E-state index in [1.807, 2.05) is 0 Å². The Morgan fingerprint density at radius 1 is 0.778 bits per heavy atom. The van der Waals surface area contributed by atoms with Crippen LogP contribution in [-0.2, 0) is 0 Å². The lowest BCUT2D eigenvalue weighted by atomic mass is 9.89. The molecule has 148 valence electrons. The predicted octanol–water partition coefficient (Wildman–Crippen LogP) is 1.30. The molecular formula is C16H28N10O. The van der Waals surface area contributed by atoms with Gasteiger partial charge in [-0.2, -0.15) is 29.9 Å². The van der Waals surface area contributed by atoms with Crippen LogP contribution in [0.25, 0.3) is 0 Å². The van der Waals surface area contributed by atoms with E-state index in [9.17, 15) is 0 Å². The molecule has 1 saturated carbocycles. The van der Waals surface area contributed by atoms with Gasteiger partial charge < -0.3 is 27.7 Å². The van der Waals surface area contributed by atoms with Gasteiger partial charge in [-0.05, 0) is 19.3 Å². The second kappa shape index (κ2) is 10.2. The average molecular weight is 376 g/mol. The maximum atomic E-state index is 5.52. The van der Waals surface area contributed by atoms with Crippen LogP contribution in [0.5, 0.6) is 6.01 Å². The number of ether oxygens (including phenoxy) is 1. The fraction of sp³-hybridized carbons (Fsp3) is 0.625. The number of nitrogens with two attached hydrogens (primary N) is 4. The van der Waals surface area contributed by atoms with Gasteiger partial charge in [0.05, 0.1) is 6.61 Å². The third kappa shape index (κ3) is 7.04. The van der Waals surface area contributed by atoms with Gasteiger partial charge >= 0.3 is 6.01 Å². The molecule has 2 aromatic rings. The highest BCUT2D eigenvalue weighted by molar-refractivity contribution is 5.28. The number of anilines is 4. The Morgan fingerprint density at radius 2 is 1.30 bits per heavy atom. The normalized spacial score (nSPS) is 14.3. The van der Waals surface area contributed by atoms with E-state index < -0.39 is 0 Å². The Morgan fingerprint density at radius 3 is 1.81 bits per heavy atom. The summed E-state index contributed by atoms with van der Waals surface area (Å²) in [6.45, 7) is 2.64. The first kappa shape index (κ1) is 20.3. The molecule has 0 aliphatic heterocycles. The summed E-state index contributed by atoms with van der Waals surface area (Å²) in [6, 6.07) is 0.193. The second-order valence-corrected chi connectivity index (χ2v) is 6.28. The van der Waals surface area contributed by atoms with Crippen molar-refractivity contribution in [3.05, 3.63) is 5.82 Å². The van der Waals surface area contributed by atoms with Crippen LogP contribution < -0.4 is 27.7 Å². The molecule has 0 unspecified atom stereocenters. The van der Waals surface area contributed by atoms with E-state index in [0.29, 0.717) is 12.5 Å². The smallest absolute Gasteiger partial charge is 0.323 e. The monoisotopic (exact) mass is 376 g/mol. The third-order valence-electron chi connectivity index (χ3n) is 4.04. The highest BCUT2D eigenvalue weighted by Gasteiger charge is 2.19. The number of hydrogen-bond acceptors (Lipinski definition) is 11. The quantitative estimate of drug-likeness (QED) is 0.550. The summed E-state index contributed by atoms with van der Waals surface area (Å²) >= 11 is 0. The Bertz CT molecular complexity index is 680. The van der Waals surface area contributed by atoms with Gasteiger partial charge in [-0.1, -0.05) is 32.6 Å². The summed E-state index contributed by atoms with van der Waals surface area (Å²) in [7, 11) is 0. The Kier molecular flexibility index (Phi) is 7.71. The van der Waals surface area contributed by atoms with Crippen LogP contribution in [0, 0.1) is 0 Å². The number of nitrogen functional groups attached to an aromatic ring is 4. The maximum absolute atomic E-state index is 5.52. The molecule has 2 heterocycles. The molecule has 0 aromatic carbocycles. The van der Waals surface area contributed by atoms with Crippen LogP contribution in [0.1, 0.15) is 63.6 Å². The summed E-state index contributed by atoms with van der Waals surface area (Å²) in [6.07, 6.45) is 8.09. The van der Waals surface area contributed by atoms with Crippen molar-refractivity contribution in [1.29, 1.82) is 0 Å². The zero-order chi connectivity index (χ0) is 19.6. The SMILES string of the molecule is CCCCOc1nc(N)nc(N)n1.Nc1nc(N)nc(C2CCCCC2)n1. The molecular weight excluding hydrogens is 348 g/mol. The number of nitrogens with zero attached hydrogens (tertiary/aromatic N) is 6. The molecule has 1 aliphatic rings. The van der Waals surface area contributed by atoms with Crippen molar-refractivity contribution in [1.82, 2.24) is 29.9 Å². The van der Waals surface area contributed by atoms with Gasteiger partial charge in [0.2, 0.25) is 23.8 Å². The van der Waals surface area contributed by atoms with E-state index in [1.165, 1.54) is 19.3 Å². The number of unbranched alkanes of at least 4 members (excludes halogenated alkanes) is 1. The van der Waals surface area contributed by atoms with Gasteiger partial charge in [-0.15, -0.1) is 0 Å². The molecule has 0 radical (unpaired) electrons. The predicted molar refractivity (Wildman–Crippen MR) is 104 cm³/mol. The van der Waals surface area contributed by atoms with Gasteiger partial charge in [0, 0.05) is 5.92 Å². The van der Waals surface area contributed by atoms with Crippen molar-refractivity contribution < 1.29 is 4.74 Å². The van der Waals surface area contributed by atoms with Crippen LogP contribution >= 0.6 is 0 Å². The van der Waals surface area contributed by atoms with E-state index in [1.54, 1.807) is 0 Å². The lowest BCUT2D eigenvalue weighted by Crippen LogP contribution is -2.13.